The van der Waals surface area contributed by atoms with Crippen LogP contribution in [0.15, 0.2) is 29.4 Å². The van der Waals surface area contributed by atoms with E-state index in [-0.39, 0.29) is 29.7 Å². The molecule has 0 N–H and O–H groups in total. The van der Waals surface area contributed by atoms with Crippen LogP contribution in [0.25, 0.3) is 0 Å². The van der Waals surface area contributed by atoms with Crippen molar-refractivity contribution in [2.45, 2.75) is 31.8 Å². The van der Waals surface area contributed by atoms with Crippen LogP contribution in [-0.4, -0.2) is 84.5 Å². The second kappa shape index (κ2) is 8.77. The number of nitrogens with zero attached hydrogens (tertiary/aromatic N) is 5. The molecule has 0 bridgehead atoms. The Bertz CT molecular complexity index is 1040. The molecule has 0 radical (unpaired) electrons. The number of carbonyl (C=O) groups excluding carboxylic acids is 2. The predicted molar refractivity (Wildman–Crippen MR) is 114 cm³/mol. The fourth-order valence-corrected chi connectivity index (χ4v) is 5.91. The lowest BCUT2D eigenvalue weighted by atomic mass is 10.1. The first-order chi connectivity index (χ1) is 14.8. The normalized spacial score (nSPS) is 24.0. The summed E-state index contributed by atoms with van der Waals surface area (Å²) in [6, 6.07) is 9.15. The fourth-order valence-electron chi connectivity index (χ4n) is 4.21. The Balaban J connectivity index is 1.35. The third kappa shape index (κ3) is 4.94. The molecule has 1 atom stereocenters. The summed E-state index contributed by atoms with van der Waals surface area (Å²) in [6.45, 7) is 3.35. The minimum Gasteiger partial charge on any atom is -0.335 e. The molecule has 1 aromatic rings. The largest absolute Gasteiger partial charge is 0.335 e. The Hall–Kier alpha value is -2.77. The number of hydrazone groups is 1. The summed E-state index contributed by atoms with van der Waals surface area (Å²) in [5.41, 5.74) is 2.09. The fraction of sp³-hybridized carbons (Fsp3) is 0.524. The van der Waals surface area contributed by atoms with Crippen LogP contribution < -0.4 is 0 Å². The van der Waals surface area contributed by atoms with Crippen molar-refractivity contribution in [2.24, 2.45) is 5.10 Å². The molecule has 2 fully saturated rings. The van der Waals surface area contributed by atoms with E-state index in [1.54, 1.807) is 17.0 Å². The van der Waals surface area contributed by atoms with Crippen LogP contribution in [-0.2, 0) is 26.0 Å². The second-order valence-electron chi connectivity index (χ2n) is 8.22. The number of nitriles is 1. The first-order valence-electron chi connectivity index (χ1n) is 10.5. The van der Waals surface area contributed by atoms with E-state index in [0.29, 0.717) is 37.2 Å². The lowest BCUT2D eigenvalue weighted by Gasteiger charge is -2.36. The van der Waals surface area contributed by atoms with Crippen molar-refractivity contribution in [3.05, 3.63) is 35.4 Å². The summed E-state index contributed by atoms with van der Waals surface area (Å²) in [7, 11) is -3.14. The zero-order chi connectivity index (χ0) is 22.0. The van der Waals surface area contributed by atoms with Gasteiger partial charge in [-0.1, -0.05) is 12.1 Å². The van der Waals surface area contributed by atoms with Gasteiger partial charge in [-0.2, -0.15) is 10.4 Å². The number of carbonyl (C=O) groups is 2. The van der Waals surface area contributed by atoms with Crippen molar-refractivity contribution in [3.63, 3.8) is 0 Å². The van der Waals surface area contributed by atoms with Gasteiger partial charge in [0.25, 0.3) is 5.91 Å². The second-order valence-corrected chi connectivity index (χ2v) is 10.4. The average molecular weight is 444 g/mol. The van der Waals surface area contributed by atoms with Crippen molar-refractivity contribution in [1.29, 1.82) is 5.26 Å². The Morgan fingerprint density at radius 1 is 1.13 bits per heavy atom. The first-order valence-corrected chi connectivity index (χ1v) is 12.3. The van der Waals surface area contributed by atoms with Gasteiger partial charge in [-0.3, -0.25) is 14.5 Å². The average Bonchev–Trinajstić information content (AvgIpc) is 3.14. The van der Waals surface area contributed by atoms with Gasteiger partial charge in [-0.05, 0) is 24.1 Å². The molecule has 2 saturated heterocycles. The third-order valence-corrected chi connectivity index (χ3v) is 7.76. The van der Waals surface area contributed by atoms with E-state index < -0.39 is 15.9 Å². The molecular weight excluding hydrogens is 418 g/mol. The van der Waals surface area contributed by atoms with Gasteiger partial charge in [0.1, 0.15) is 5.71 Å². The highest BCUT2D eigenvalue weighted by molar-refractivity contribution is 7.91. The molecule has 0 unspecified atom stereocenters. The van der Waals surface area contributed by atoms with E-state index in [9.17, 15) is 18.0 Å². The summed E-state index contributed by atoms with van der Waals surface area (Å²) in [5.74, 6) is -0.415. The molecule has 3 aliphatic rings. The topological polar surface area (TPSA) is 114 Å². The molecule has 3 heterocycles. The Labute approximate surface area is 181 Å². The minimum atomic E-state index is -3.14. The maximum atomic E-state index is 13.0. The number of sulfone groups is 1. The van der Waals surface area contributed by atoms with Crippen LogP contribution in [0.2, 0.25) is 0 Å². The van der Waals surface area contributed by atoms with Crippen LogP contribution in [0.3, 0.4) is 0 Å². The van der Waals surface area contributed by atoms with Crippen molar-refractivity contribution in [2.75, 3.05) is 37.7 Å². The van der Waals surface area contributed by atoms with Gasteiger partial charge in [-0.25, -0.2) is 13.4 Å². The van der Waals surface area contributed by atoms with Crippen LogP contribution in [0.1, 0.15) is 30.4 Å². The lowest BCUT2D eigenvalue weighted by Crippen LogP contribution is -2.51. The van der Waals surface area contributed by atoms with Gasteiger partial charge in [0.05, 0.1) is 29.2 Å². The quantitative estimate of drug-likeness (QED) is 0.664. The van der Waals surface area contributed by atoms with Crippen LogP contribution >= 0.6 is 0 Å². The minimum absolute atomic E-state index is 0.0570. The number of hydrogen-bond acceptors (Lipinski definition) is 7. The monoisotopic (exact) mass is 443 g/mol. The number of rotatable bonds is 4. The highest BCUT2D eigenvalue weighted by Crippen LogP contribution is 2.23. The van der Waals surface area contributed by atoms with Crippen LogP contribution in [0.4, 0.5) is 0 Å². The highest BCUT2D eigenvalue weighted by atomic mass is 32.2. The zero-order valence-electron chi connectivity index (χ0n) is 17.2. The molecule has 4 rings (SSSR count). The lowest BCUT2D eigenvalue weighted by molar-refractivity contribution is -0.134. The summed E-state index contributed by atoms with van der Waals surface area (Å²) in [6.07, 6.45) is 0.839. The highest BCUT2D eigenvalue weighted by Gasteiger charge is 2.38. The van der Waals surface area contributed by atoms with Gasteiger partial charge < -0.3 is 4.90 Å². The van der Waals surface area contributed by atoms with E-state index in [1.165, 1.54) is 5.01 Å². The molecule has 0 saturated carbocycles. The third-order valence-electron chi connectivity index (χ3n) is 6.01. The number of piperazine rings is 1. The summed E-state index contributed by atoms with van der Waals surface area (Å²) in [5, 5.41) is 14.4. The Kier molecular flexibility index (Phi) is 6.07. The standard InChI is InChI=1S/C21H25N5O4S/c22-13-16-1-3-17(4-2-16)14-24-8-10-25(11-9-24)21(28)19-5-6-20(27)26(23-19)18-7-12-31(29,30)15-18/h1-4,18H,5-12,14-15H2/t18-/m1/s1. The van der Waals surface area contributed by atoms with Crippen molar-refractivity contribution in [3.8, 4) is 6.07 Å². The molecule has 10 heteroatoms. The zero-order valence-corrected chi connectivity index (χ0v) is 18.1. The number of benzene rings is 1. The van der Waals surface area contributed by atoms with E-state index in [4.69, 9.17) is 5.26 Å². The van der Waals surface area contributed by atoms with Gasteiger partial charge in [0, 0.05) is 45.6 Å². The molecule has 1 aromatic carbocycles. The summed E-state index contributed by atoms with van der Waals surface area (Å²) < 4.78 is 23.5. The van der Waals surface area contributed by atoms with Crippen LogP contribution in [0.5, 0.6) is 0 Å². The predicted octanol–water partition coefficient (Wildman–Crippen LogP) is 0.368. The van der Waals surface area contributed by atoms with E-state index in [1.807, 2.05) is 12.1 Å². The van der Waals surface area contributed by atoms with E-state index in [2.05, 4.69) is 16.1 Å². The van der Waals surface area contributed by atoms with E-state index in [0.717, 1.165) is 25.2 Å². The van der Waals surface area contributed by atoms with Crippen LogP contribution in [0, 0.1) is 11.3 Å². The molecule has 0 spiro atoms. The Morgan fingerprint density at radius 3 is 2.45 bits per heavy atom. The summed E-state index contributed by atoms with van der Waals surface area (Å²) in [4.78, 5) is 29.3. The first kappa shape index (κ1) is 21.5. The van der Waals surface area contributed by atoms with Gasteiger partial charge in [0.15, 0.2) is 9.84 Å². The molecule has 31 heavy (non-hydrogen) atoms. The Morgan fingerprint density at radius 2 is 1.84 bits per heavy atom. The van der Waals surface area contributed by atoms with Gasteiger partial charge in [0.2, 0.25) is 5.91 Å². The maximum absolute atomic E-state index is 13.0. The molecule has 164 valence electrons. The SMILES string of the molecule is N#Cc1ccc(CN2CCN(C(=O)C3=NN([C@@H]4CCS(=O)(=O)C4)C(=O)CC3)CC2)cc1. The van der Waals surface area contributed by atoms with Crippen molar-refractivity contribution < 1.29 is 18.0 Å². The van der Waals surface area contributed by atoms with Crippen molar-refractivity contribution >= 4 is 27.4 Å². The molecule has 2 amide bonds. The molecular formula is C21H25N5O4S. The number of amides is 2. The molecule has 0 aliphatic carbocycles. The molecule has 0 aromatic heterocycles. The molecule has 3 aliphatic heterocycles. The summed E-state index contributed by atoms with van der Waals surface area (Å²) >= 11 is 0. The van der Waals surface area contributed by atoms with E-state index >= 15 is 0 Å². The maximum Gasteiger partial charge on any atom is 0.270 e. The van der Waals surface area contributed by atoms with Gasteiger partial charge in [-0.15, -0.1) is 0 Å². The smallest absolute Gasteiger partial charge is 0.270 e. The number of hydrogen-bond donors (Lipinski definition) is 0. The van der Waals surface area contributed by atoms with Crippen molar-refractivity contribution in [1.82, 2.24) is 14.8 Å². The molecule has 9 nitrogen and oxygen atoms in total. The van der Waals surface area contributed by atoms with Gasteiger partial charge >= 0.3 is 0 Å².